The molecule has 1 aliphatic rings. The molecule has 3 nitrogen and oxygen atoms in total. The predicted octanol–water partition coefficient (Wildman–Crippen LogP) is 4.45. The maximum absolute atomic E-state index is 12.0. The van der Waals surface area contributed by atoms with Gasteiger partial charge in [0.15, 0.2) is 0 Å². The van der Waals surface area contributed by atoms with Gasteiger partial charge in [-0.1, -0.05) is 46.8 Å². The Kier molecular flexibility index (Phi) is 4.03. The topological polar surface area (TPSA) is 39.4 Å². The number of methoxy groups -OCH3 is 1. The zero-order valence-electron chi connectivity index (χ0n) is 12.1. The highest BCUT2D eigenvalue weighted by atomic mass is 79.9. The first-order valence-electron chi connectivity index (χ1n) is 6.90. The summed E-state index contributed by atoms with van der Waals surface area (Å²) in [4.78, 5) is 12.0. The van der Waals surface area contributed by atoms with Gasteiger partial charge < -0.3 is 9.15 Å². The molecule has 22 heavy (non-hydrogen) atoms. The average Bonchev–Trinajstić information content (AvgIpc) is 3.15. The minimum absolute atomic E-state index is 0.361. The van der Waals surface area contributed by atoms with Gasteiger partial charge in [-0.3, -0.25) is 0 Å². The Balaban J connectivity index is 2.13. The zero-order chi connectivity index (χ0) is 15.7. The van der Waals surface area contributed by atoms with E-state index in [-0.39, 0.29) is 5.92 Å². The van der Waals surface area contributed by atoms with Gasteiger partial charge >= 0.3 is 5.97 Å². The number of esters is 1. The lowest BCUT2D eigenvalue weighted by Crippen LogP contribution is -2.13. The summed E-state index contributed by atoms with van der Waals surface area (Å²) in [6, 6.07) is 11.8. The zero-order valence-corrected chi connectivity index (χ0v) is 13.7. The summed E-state index contributed by atoms with van der Waals surface area (Å²) >= 11 is 3.66. The third-order valence-electron chi connectivity index (χ3n) is 3.86. The first-order valence-corrected chi connectivity index (χ1v) is 7.70. The summed E-state index contributed by atoms with van der Waals surface area (Å²) in [5.41, 5.74) is 3.71. The summed E-state index contributed by atoms with van der Waals surface area (Å²) in [6.07, 6.45) is 2.40. The SMILES string of the molecule is C=C(C(=O)OC)[C@H](C1=C(Br)Cc2ccccc21)c1ccco1. The second-order valence-corrected chi connectivity index (χ2v) is 6.07. The van der Waals surface area contributed by atoms with Gasteiger partial charge in [0.1, 0.15) is 5.76 Å². The average molecular weight is 359 g/mol. The van der Waals surface area contributed by atoms with Crippen molar-refractivity contribution in [2.75, 3.05) is 7.11 Å². The fraction of sp³-hybridized carbons (Fsp3) is 0.167. The van der Waals surface area contributed by atoms with Gasteiger partial charge in [0.2, 0.25) is 0 Å². The van der Waals surface area contributed by atoms with Crippen LogP contribution in [0.15, 0.2) is 63.7 Å². The number of rotatable bonds is 4. The van der Waals surface area contributed by atoms with Crippen LogP contribution in [0, 0.1) is 0 Å². The number of hydrogen-bond acceptors (Lipinski definition) is 3. The van der Waals surface area contributed by atoms with Crippen molar-refractivity contribution in [3.05, 3.63) is 76.2 Å². The fourth-order valence-corrected chi connectivity index (χ4v) is 3.60. The van der Waals surface area contributed by atoms with E-state index in [4.69, 9.17) is 9.15 Å². The monoisotopic (exact) mass is 358 g/mol. The molecule has 0 spiro atoms. The van der Waals surface area contributed by atoms with Crippen molar-refractivity contribution >= 4 is 27.5 Å². The molecule has 0 amide bonds. The number of hydrogen-bond donors (Lipinski definition) is 0. The number of carbonyl (C=O) groups is 1. The Labute approximate surface area is 137 Å². The number of allylic oxidation sites excluding steroid dienone is 2. The van der Waals surface area contributed by atoms with E-state index in [0.29, 0.717) is 11.3 Å². The van der Waals surface area contributed by atoms with Crippen molar-refractivity contribution in [2.45, 2.75) is 12.3 Å². The minimum Gasteiger partial charge on any atom is -0.468 e. The van der Waals surface area contributed by atoms with Crippen LogP contribution in [0.4, 0.5) is 0 Å². The van der Waals surface area contributed by atoms with Crippen LogP contribution in [0.25, 0.3) is 5.57 Å². The van der Waals surface area contributed by atoms with E-state index >= 15 is 0 Å². The van der Waals surface area contributed by atoms with Crippen molar-refractivity contribution in [3.8, 4) is 0 Å². The number of ether oxygens (including phenoxy) is 1. The van der Waals surface area contributed by atoms with Gasteiger partial charge in [-0.2, -0.15) is 0 Å². The number of furan rings is 1. The number of benzene rings is 1. The van der Waals surface area contributed by atoms with Crippen molar-refractivity contribution in [1.29, 1.82) is 0 Å². The van der Waals surface area contributed by atoms with Crippen LogP contribution in [0.5, 0.6) is 0 Å². The van der Waals surface area contributed by atoms with Gasteiger partial charge in [-0.15, -0.1) is 0 Å². The van der Waals surface area contributed by atoms with Crippen LogP contribution in [0.2, 0.25) is 0 Å². The number of halogens is 1. The molecule has 112 valence electrons. The molecule has 1 aromatic heterocycles. The quantitative estimate of drug-likeness (QED) is 0.598. The van der Waals surface area contributed by atoms with Crippen molar-refractivity contribution in [3.63, 3.8) is 0 Å². The molecule has 1 aliphatic carbocycles. The second kappa shape index (κ2) is 5.97. The maximum atomic E-state index is 12.0. The Morgan fingerprint density at radius 1 is 1.32 bits per heavy atom. The van der Waals surface area contributed by atoms with E-state index in [1.54, 1.807) is 6.26 Å². The largest absolute Gasteiger partial charge is 0.468 e. The highest BCUT2D eigenvalue weighted by molar-refractivity contribution is 9.11. The molecule has 0 saturated heterocycles. The van der Waals surface area contributed by atoms with E-state index in [0.717, 1.165) is 22.0 Å². The Morgan fingerprint density at radius 2 is 2.09 bits per heavy atom. The molecule has 0 aliphatic heterocycles. The third-order valence-corrected chi connectivity index (χ3v) is 4.57. The molecule has 0 saturated carbocycles. The highest BCUT2D eigenvalue weighted by Crippen LogP contribution is 2.47. The van der Waals surface area contributed by atoms with E-state index in [1.807, 2.05) is 24.3 Å². The Bertz CT molecular complexity index is 756. The third kappa shape index (κ3) is 2.44. The fourth-order valence-electron chi connectivity index (χ4n) is 2.85. The van der Waals surface area contributed by atoms with Crippen LogP contribution >= 0.6 is 15.9 Å². The lowest BCUT2D eigenvalue weighted by Gasteiger charge is -2.19. The molecule has 1 aromatic carbocycles. The smallest absolute Gasteiger partial charge is 0.334 e. The first kappa shape index (κ1) is 14.9. The Hall–Kier alpha value is -2.07. The minimum atomic E-state index is -0.432. The summed E-state index contributed by atoms with van der Waals surface area (Å²) in [5.74, 6) is -0.113. The molecule has 0 radical (unpaired) electrons. The van der Waals surface area contributed by atoms with Gasteiger partial charge in [-0.25, -0.2) is 4.79 Å². The van der Waals surface area contributed by atoms with Crippen LogP contribution in [-0.2, 0) is 16.0 Å². The van der Waals surface area contributed by atoms with E-state index in [1.165, 1.54) is 12.7 Å². The van der Waals surface area contributed by atoms with Gasteiger partial charge in [0.05, 0.1) is 19.3 Å². The molecule has 4 heteroatoms. The van der Waals surface area contributed by atoms with Gasteiger partial charge in [0, 0.05) is 16.5 Å². The number of fused-ring (bicyclic) bond motifs is 1. The van der Waals surface area contributed by atoms with E-state index in [2.05, 4.69) is 34.6 Å². The summed E-state index contributed by atoms with van der Waals surface area (Å²) < 4.78 is 11.5. The van der Waals surface area contributed by atoms with Gasteiger partial charge in [0.25, 0.3) is 0 Å². The van der Waals surface area contributed by atoms with Crippen molar-refractivity contribution in [2.24, 2.45) is 0 Å². The molecule has 1 atom stereocenters. The van der Waals surface area contributed by atoms with Crippen molar-refractivity contribution < 1.29 is 13.9 Å². The number of carbonyl (C=O) groups excluding carboxylic acids is 1. The molecule has 0 unspecified atom stereocenters. The van der Waals surface area contributed by atoms with E-state index < -0.39 is 5.97 Å². The molecule has 1 heterocycles. The molecule has 0 fully saturated rings. The van der Waals surface area contributed by atoms with Crippen molar-refractivity contribution in [1.82, 2.24) is 0 Å². The Morgan fingerprint density at radius 3 is 2.77 bits per heavy atom. The maximum Gasteiger partial charge on any atom is 0.334 e. The van der Waals surface area contributed by atoms with Gasteiger partial charge in [-0.05, 0) is 28.8 Å². The highest BCUT2D eigenvalue weighted by Gasteiger charge is 2.33. The predicted molar refractivity (Wildman–Crippen MR) is 88.6 cm³/mol. The molecular formula is C18H15BrO3. The molecule has 3 rings (SSSR count). The summed E-state index contributed by atoms with van der Waals surface area (Å²) in [7, 11) is 1.36. The van der Waals surface area contributed by atoms with Crippen LogP contribution < -0.4 is 0 Å². The van der Waals surface area contributed by atoms with Crippen LogP contribution in [0.3, 0.4) is 0 Å². The summed E-state index contributed by atoms with van der Waals surface area (Å²) in [5, 5.41) is 0. The summed E-state index contributed by atoms with van der Waals surface area (Å²) in [6.45, 7) is 3.94. The van der Waals surface area contributed by atoms with E-state index in [9.17, 15) is 4.79 Å². The normalized spacial score (nSPS) is 14.6. The first-order chi connectivity index (χ1) is 10.6. The standard InChI is InChI=1S/C18H15BrO3/c1-11(18(20)21-2)16(15-8-5-9-22-15)17-13-7-4-3-6-12(13)10-14(17)19/h3-9,16H,1,10H2,2H3/t16-/m0/s1. The second-order valence-electron chi connectivity index (χ2n) is 5.12. The molecule has 2 aromatic rings. The molecule has 0 N–H and O–H groups in total. The lowest BCUT2D eigenvalue weighted by molar-refractivity contribution is -0.136. The molecular weight excluding hydrogens is 344 g/mol. The molecule has 0 bridgehead atoms. The lowest BCUT2D eigenvalue weighted by atomic mass is 9.86. The van der Waals surface area contributed by atoms with Crippen LogP contribution in [-0.4, -0.2) is 13.1 Å². The van der Waals surface area contributed by atoms with Crippen LogP contribution in [0.1, 0.15) is 22.8 Å².